The van der Waals surface area contributed by atoms with Crippen LogP contribution in [0.3, 0.4) is 0 Å². The highest BCUT2D eigenvalue weighted by atomic mass is 35.5. The summed E-state index contributed by atoms with van der Waals surface area (Å²) in [6, 6.07) is 0. The van der Waals surface area contributed by atoms with E-state index < -0.39 is 5.97 Å². The third-order valence-corrected chi connectivity index (χ3v) is 3.73. The standard InChI is InChI=1S/C12H20N2O3.ClH/c15-11(9-3-1-5-13-7-9)14-6-2-4-10(8-14)12(16)17;/h9-10,13H,1-8H2,(H,16,17);1H/t9-,10-;/m1./s1. The van der Waals surface area contributed by atoms with Gasteiger partial charge in [-0.1, -0.05) is 0 Å². The Morgan fingerprint density at radius 2 is 1.89 bits per heavy atom. The molecule has 0 unspecified atom stereocenters. The molecule has 18 heavy (non-hydrogen) atoms. The summed E-state index contributed by atoms with van der Waals surface area (Å²) >= 11 is 0. The van der Waals surface area contributed by atoms with E-state index in [9.17, 15) is 9.59 Å². The fraction of sp³-hybridized carbons (Fsp3) is 0.833. The fourth-order valence-corrected chi connectivity index (χ4v) is 2.70. The topological polar surface area (TPSA) is 69.6 Å². The minimum atomic E-state index is -0.774. The molecule has 2 fully saturated rings. The van der Waals surface area contributed by atoms with Crippen molar-refractivity contribution in [2.24, 2.45) is 11.8 Å². The van der Waals surface area contributed by atoms with Crippen LogP contribution in [-0.2, 0) is 9.59 Å². The van der Waals surface area contributed by atoms with Crippen molar-refractivity contribution < 1.29 is 14.7 Å². The summed E-state index contributed by atoms with van der Waals surface area (Å²) in [5.41, 5.74) is 0. The number of carbonyl (C=O) groups is 2. The molecule has 0 aromatic heterocycles. The van der Waals surface area contributed by atoms with Crippen LogP contribution in [0.25, 0.3) is 0 Å². The second-order valence-corrected chi connectivity index (χ2v) is 5.00. The lowest BCUT2D eigenvalue weighted by molar-refractivity contribution is -0.147. The first-order valence-corrected chi connectivity index (χ1v) is 6.41. The van der Waals surface area contributed by atoms with Crippen molar-refractivity contribution >= 4 is 24.3 Å². The van der Waals surface area contributed by atoms with E-state index in [0.717, 1.165) is 38.9 Å². The van der Waals surface area contributed by atoms with E-state index in [1.165, 1.54) is 0 Å². The third-order valence-electron chi connectivity index (χ3n) is 3.73. The van der Waals surface area contributed by atoms with Gasteiger partial charge < -0.3 is 15.3 Å². The van der Waals surface area contributed by atoms with Crippen LogP contribution >= 0.6 is 12.4 Å². The number of amides is 1. The number of aliphatic carboxylic acids is 1. The minimum Gasteiger partial charge on any atom is -0.481 e. The zero-order valence-electron chi connectivity index (χ0n) is 10.4. The van der Waals surface area contributed by atoms with Gasteiger partial charge in [-0.25, -0.2) is 0 Å². The van der Waals surface area contributed by atoms with Gasteiger partial charge in [-0.05, 0) is 32.2 Å². The molecule has 0 spiro atoms. The van der Waals surface area contributed by atoms with Gasteiger partial charge >= 0.3 is 5.97 Å². The molecule has 104 valence electrons. The van der Waals surface area contributed by atoms with Gasteiger partial charge in [0, 0.05) is 19.6 Å². The van der Waals surface area contributed by atoms with E-state index in [4.69, 9.17) is 5.11 Å². The Bertz CT molecular complexity index is 306. The molecule has 0 aromatic carbocycles. The fourth-order valence-electron chi connectivity index (χ4n) is 2.70. The van der Waals surface area contributed by atoms with Crippen LogP contribution in [0.15, 0.2) is 0 Å². The summed E-state index contributed by atoms with van der Waals surface area (Å²) in [5.74, 6) is -0.951. The molecule has 5 nitrogen and oxygen atoms in total. The molecule has 0 radical (unpaired) electrons. The van der Waals surface area contributed by atoms with Crippen LogP contribution in [0.5, 0.6) is 0 Å². The van der Waals surface area contributed by atoms with E-state index in [-0.39, 0.29) is 30.2 Å². The maximum absolute atomic E-state index is 12.2. The highest BCUT2D eigenvalue weighted by Gasteiger charge is 2.32. The molecule has 0 saturated carbocycles. The average molecular weight is 277 g/mol. The van der Waals surface area contributed by atoms with E-state index in [0.29, 0.717) is 13.0 Å². The van der Waals surface area contributed by atoms with Crippen molar-refractivity contribution in [3.05, 3.63) is 0 Å². The van der Waals surface area contributed by atoms with Crippen LogP contribution < -0.4 is 5.32 Å². The normalized spacial score (nSPS) is 28.3. The molecule has 0 aliphatic carbocycles. The Morgan fingerprint density at radius 1 is 1.17 bits per heavy atom. The molecule has 6 heteroatoms. The Labute approximate surface area is 113 Å². The summed E-state index contributed by atoms with van der Waals surface area (Å²) in [5, 5.41) is 12.2. The number of nitrogens with zero attached hydrogens (tertiary/aromatic N) is 1. The zero-order valence-corrected chi connectivity index (χ0v) is 11.2. The average Bonchev–Trinajstić information content (AvgIpc) is 2.39. The first-order valence-electron chi connectivity index (χ1n) is 6.41. The predicted octanol–water partition coefficient (Wildman–Crippen LogP) is 0.731. The van der Waals surface area contributed by atoms with Gasteiger partial charge in [-0.2, -0.15) is 0 Å². The second kappa shape index (κ2) is 6.95. The molecule has 0 bridgehead atoms. The van der Waals surface area contributed by atoms with Crippen molar-refractivity contribution in [3.8, 4) is 0 Å². The van der Waals surface area contributed by atoms with E-state index >= 15 is 0 Å². The lowest BCUT2D eigenvalue weighted by Gasteiger charge is -2.34. The van der Waals surface area contributed by atoms with Gasteiger partial charge in [-0.15, -0.1) is 12.4 Å². The summed E-state index contributed by atoms with van der Waals surface area (Å²) in [4.78, 5) is 24.9. The number of carbonyl (C=O) groups excluding carboxylic acids is 1. The van der Waals surface area contributed by atoms with Crippen molar-refractivity contribution in [2.75, 3.05) is 26.2 Å². The Kier molecular flexibility index (Phi) is 5.88. The van der Waals surface area contributed by atoms with Gasteiger partial charge in [0.15, 0.2) is 0 Å². The number of piperidine rings is 2. The van der Waals surface area contributed by atoms with E-state index in [1.807, 2.05) is 0 Å². The molecule has 2 aliphatic rings. The number of rotatable bonds is 2. The third kappa shape index (κ3) is 3.59. The van der Waals surface area contributed by atoms with Gasteiger partial charge in [0.25, 0.3) is 0 Å². The highest BCUT2D eigenvalue weighted by molar-refractivity contribution is 5.85. The second-order valence-electron chi connectivity index (χ2n) is 5.00. The van der Waals surface area contributed by atoms with Crippen LogP contribution in [0.1, 0.15) is 25.7 Å². The predicted molar refractivity (Wildman–Crippen MR) is 69.8 cm³/mol. The van der Waals surface area contributed by atoms with Crippen molar-refractivity contribution in [3.63, 3.8) is 0 Å². The molecule has 2 atom stereocenters. The van der Waals surface area contributed by atoms with Crippen LogP contribution in [0.4, 0.5) is 0 Å². The molecule has 2 rings (SSSR count). The number of halogens is 1. The first kappa shape index (κ1) is 15.2. The number of carboxylic acid groups (broad SMARTS) is 1. The lowest BCUT2D eigenvalue weighted by atomic mass is 9.94. The van der Waals surface area contributed by atoms with Crippen molar-refractivity contribution in [2.45, 2.75) is 25.7 Å². The smallest absolute Gasteiger partial charge is 0.308 e. The molecular weight excluding hydrogens is 256 g/mol. The number of hydrogen-bond donors (Lipinski definition) is 2. The van der Waals surface area contributed by atoms with Crippen LogP contribution in [0, 0.1) is 11.8 Å². The highest BCUT2D eigenvalue weighted by Crippen LogP contribution is 2.20. The largest absolute Gasteiger partial charge is 0.481 e. The summed E-state index contributed by atoms with van der Waals surface area (Å²) in [6.45, 7) is 2.85. The monoisotopic (exact) mass is 276 g/mol. The first-order chi connectivity index (χ1) is 8.18. The number of carboxylic acids is 1. The Hall–Kier alpha value is -0.810. The van der Waals surface area contributed by atoms with Gasteiger partial charge in [0.1, 0.15) is 0 Å². The summed E-state index contributed by atoms with van der Waals surface area (Å²) < 4.78 is 0. The summed E-state index contributed by atoms with van der Waals surface area (Å²) in [6.07, 6.45) is 3.47. The van der Waals surface area contributed by atoms with Gasteiger partial charge in [0.2, 0.25) is 5.91 Å². The SMILES string of the molecule is Cl.O=C(O)[C@@H]1CCCN(C(=O)[C@@H]2CCCNC2)C1. The minimum absolute atomic E-state index is 0. The summed E-state index contributed by atoms with van der Waals surface area (Å²) in [7, 11) is 0. The molecule has 2 heterocycles. The zero-order chi connectivity index (χ0) is 12.3. The molecule has 0 aromatic rings. The molecule has 1 amide bonds. The van der Waals surface area contributed by atoms with E-state index in [2.05, 4.69) is 5.32 Å². The lowest BCUT2D eigenvalue weighted by Crippen LogP contribution is -2.48. The Balaban J connectivity index is 0.00000162. The number of likely N-dealkylation sites (tertiary alicyclic amines) is 1. The van der Waals surface area contributed by atoms with Crippen molar-refractivity contribution in [1.29, 1.82) is 0 Å². The molecule has 2 N–H and O–H groups in total. The van der Waals surface area contributed by atoms with Crippen molar-refractivity contribution in [1.82, 2.24) is 10.2 Å². The molecular formula is C12H21ClN2O3. The van der Waals surface area contributed by atoms with Gasteiger partial charge in [0.05, 0.1) is 11.8 Å². The van der Waals surface area contributed by atoms with Gasteiger partial charge in [-0.3, -0.25) is 9.59 Å². The molecule has 2 saturated heterocycles. The van der Waals surface area contributed by atoms with Crippen LogP contribution in [0.2, 0.25) is 0 Å². The maximum atomic E-state index is 12.2. The number of nitrogens with one attached hydrogen (secondary N) is 1. The Morgan fingerprint density at radius 3 is 2.50 bits per heavy atom. The maximum Gasteiger partial charge on any atom is 0.308 e. The quantitative estimate of drug-likeness (QED) is 0.780. The number of hydrogen-bond acceptors (Lipinski definition) is 3. The van der Waals surface area contributed by atoms with E-state index in [1.54, 1.807) is 4.90 Å². The van der Waals surface area contributed by atoms with Crippen LogP contribution in [-0.4, -0.2) is 48.1 Å². The molecule has 2 aliphatic heterocycles.